The zero-order chi connectivity index (χ0) is 19.5. The molecule has 1 aliphatic heterocycles. The van der Waals surface area contributed by atoms with Gasteiger partial charge in [-0.05, 0) is 25.7 Å². The second-order valence-electron chi connectivity index (χ2n) is 8.14. The van der Waals surface area contributed by atoms with Crippen molar-refractivity contribution in [2.45, 2.75) is 51.1 Å². The first kappa shape index (κ1) is 19.4. The van der Waals surface area contributed by atoms with E-state index in [2.05, 4.69) is 25.2 Å². The molecule has 1 aliphatic carbocycles. The molecule has 7 nitrogen and oxygen atoms in total. The highest BCUT2D eigenvalue weighted by atomic mass is 32.1. The number of aromatic nitrogens is 3. The molecule has 28 heavy (non-hydrogen) atoms. The number of anilines is 2. The third-order valence-electron chi connectivity index (χ3n) is 5.85. The second-order valence-corrected chi connectivity index (χ2v) is 9.24. The molecule has 0 bridgehead atoms. The van der Waals surface area contributed by atoms with Crippen LogP contribution in [0.1, 0.15) is 49.4 Å². The van der Waals surface area contributed by atoms with Gasteiger partial charge in [-0.25, -0.2) is 9.67 Å². The monoisotopic (exact) mass is 402 g/mol. The highest BCUT2D eigenvalue weighted by Crippen LogP contribution is 2.30. The normalized spacial score (nSPS) is 19.2. The van der Waals surface area contributed by atoms with E-state index in [0.717, 1.165) is 56.3 Å². The van der Waals surface area contributed by atoms with Crippen molar-refractivity contribution in [2.24, 2.45) is 5.92 Å². The van der Waals surface area contributed by atoms with Crippen LogP contribution in [0.2, 0.25) is 0 Å². The van der Waals surface area contributed by atoms with Crippen LogP contribution in [-0.2, 0) is 11.3 Å². The maximum atomic E-state index is 12.5. The molecule has 1 amide bonds. The van der Waals surface area contributed by atoms with Gasteiger partial charge >= 0.3 is 0 Å². The van der Waals surface area contributed by atoms with Crippen LogP contribution in [0.15, 0.2) is 18.5 Å². The maximum absolute atomic E-state index is 12.5. The number of carbonyl (C=O) groups is 1. The van der Waals surface area contributed by atoms with E-state index < -0.39 is 0 Å². The Morgan fingerprint density at radius 2 is 2.00 bits per heavy atom. The minimum absolute atomic E-state index is 0.165. The Kier molecular flexibility index (Phi) is 5.96. The Morgan fingerprint density at radius 3 is 2.68 bits per heavy atom. The van der Waals surface area contributed by atoms with Crippen LogP contribution in [0.5, 0.6) is 0 Å². The van der Waals surface area contributed by atoms with Gasteiger partial charge in [0.05, 0.1) is 12.2 Å². The van der Waals surface area contributed by atoms with Gasteiger partial charge in [0, 0.05) is 56.8 Å². The van der Waals surface area contributed by atoms with E-state index in [4.69, 9.17) is 0 Å². The summed E-state index contributed by atoms with van der Waals surface area (Å²) in [5.74, 6) is 1.20. The lowest BCUT2D eigenvalue weighted by Gasteiger charge is -2.32. The number of nitrogens with zero attached hydrogens (tertiary/aromatic N) is 5. The fraction of sp³-hybridized carbons (Fsp3) is 0.650. The average Bonchev–Trinajstić information content (AvgIpc) is 3.44. The fourth-order valence-corrected chi connectivity index (χ4v) is 5.11. The predicted octanol–water partition coefficient (Wildman–Crippen LogP) is 3.37. The highest BCUT2D eigenvalue weighted by Gasteiger charge is 2.26. The van der Waals surface area contributed by atoms with Crippen LogP contribution in [0, 0.1) is 5.92 Å². The number of likely N-dealkylation sites (tertiary alicyclic amines) is 1. The van der Waals surface area contributed by atoms with Crippen LogP contribution in [0.3, 0.4) is 0 Å². The smallest absolute Gasteiger partial charge is 0.228 e. The number of piperidine rings is 1. The molecule has 2 aromatic rings. The number of amides is 1. The first-order valence-corrected chi connectivity index (χ1v) is 11.1. The van der Waals surface area contributed by atoms with E-state index in [1.54, 1.807) is 17.5 Å². The molecule has 2 aromatic heterocycles. The SMILES string of the molecule is CN(C)c1ncc(CN2CCC(n3nccc3NC(=O)C3CCCC3)CC2)s1. The second kappa shape index (κ2) is 8.61. The number of nitrogens with one attached hydrogen (secondary N) is 1. The zero-order valence-corrected chi connectivity index (χ0v) is 17.6. The van der Waals surface area contributed by atoms with Gasteiger partial charge < -0.3 is 10.2 Å². The van der Waals surface area contributed by atoms with E-state index in [9.17, 15) is 4.79 Å². The van der Waals surface area contributed by atoms with Crippen LogP contribution in [0.25, 0.3) is 0 Å². The van der Waals surface area contributed by atoms with Crippen molar-refractivity contribution >= 4 is 28.2 Å². The number of thiazole rings is 1. The van der Waals surface area contributed by atoms with Crippen molar-refractivity contribution in [3.05, 3.63) is 23.3 Å². The Balaban J connectivity index is 1.31. The molecule has 1 saturated heterocycles. The predicted molar refractivity (Wildman–Crippen MR) is 113 cm³/mol. The molecule has 2 fully saturated rings. The minimum Gasteiger partial charge on any atom is -0.354 e. The Hall–Kier alpha value is -1.93. The van der Waals surface area contributed by atoms with Gasteiger partial charge in [-0.1, -0.05) is 12.8 Å². The standard InChI is InChI=1S/C20H30N6OS/c1-24(2)20-21-13-17(28-20)14-25-11-8-16(9-12-25)26-18(7-10-22-26)23-19(27)15-5-3-4-6-15/h7,10,13,15-16H,3-6,8-9,11-12,14H2,1-2H3,(H,23,27). The van der Waals surface area contributed by atoms with Gasteiger partial charge in [-0.3, -0.25) is 9.69 Å². The van der Waals surface area contributed by atoms with Crippen molar-refractivity contribution in [1.29, 1.82) is 0 Å². The number of rotatable bonds is 6. The minimum atomic E-state index is 0.165. The molecule has 0 aromatic carbocycles. The van der Waals surface area contributed by atoms with Crippen molar-refractivity contribution in [2.75, 3.05) is 37.4 Å². The summed E-state index contributed by atoms with van der Waals surface area (Å²) in [5, 5.41) is 8.71. The average molecular weight is 403 g/mol. The Morgan fingerprint density at radius 1 is 1.25 bits per heavy atom. The molecule has 2 aliphatic rings. The molecular weight excluding hydrogens is 372 g/mol. The van der Waals surface area contributed by atoms with Crippen LogP contribution in [-0.4, -0.2) is 52.8 Å². The molecule has 8 heteroatoms. The summed E-state index contributed by atoms with van der Waals surface area (Å²) in [6.07, 6.45) is 10.3. The first-order chi connectivity index (χ1) is 13.6. The Bertz CT molecular complexity index is 786. The van der Waals surface area contributed by atoms with Gasteiger partial charge in [0.15, 0.2) is 5.13 Å². The van der Waals surface area contributed by atoms with Crippen molar-refractivity contribution in [1.82, 2.24) is 19.7 Å². The van der Waals surface area contributed by atoms with Crippen LogP contribution in [0.4, 0.5) is 10.9 Å². The Labute approximate surface area is 170 Å². The van der Waals surface area contributed by atoms with Crippen LogP contribution < -0.4 is 10.2 Å². The number of hydrogen-bond donors (Lipinski definition) is 1. The van der Waals surface area contributed by atoms with Crippen molar-refractivity contribution < 1.29 is 4.79 Å². The molecule has 0 radical (unpaired) electrons. The topological polar surface area (TPSA) is 66.3 Å². The quantitative estimate of drug-likeness (QED) is 0.802. The summed E-state index contributed by atoms with van der Waals surface area (Å²) < 4.78 is 2.03. The fourth-order valence-electron chi connectivity index (χ4n) is 4.24. The molecule has 1 N–H and O–H groups in total. The largest absolute Gasteiger partial charge is 0.354 e. The molecule has 3 heterocycles. The van der Waals surface area contributed by atoms with E-state index in [0.29, 0.717) is 6.04 Å². The summed E-state index contributed by atoms with van der Waals surface area (Å²) in [4.78, 5) is 22.8. The summed E-state index contributed by atoms with van der Waals surface area (Å²) in [7, 11) is 4.06. The third kappa shape index (κ3) is 4.38. The van der Waals surface area contributed by atoms with E-state index in [-0.39, 0.29) is 11.8 Å². The third-order valence-corrected chi connectivity index (χ3v) is 7.00. The summed E-state index contributed by atoms with van der Waals surface area (Å²) >= 11 is 1.76. The lowest BCUT2D eigenvalue weighted by molar-refractivity contribution is -0.119. The highest BCUT2D eigenvalue weighted by molar-refractivity contribution is 7.15. The lowest BCUT2D eigenvalue weighted by Crippen LogP contribution is -2.35. The number of hydrogen-bond acceptors (Lipinski definition) is 6. The summed E-state index contributed by atoms with van der Waals surface area (Å²) in [5.41, 5.74) is 0. The maximum Gasteiger partial charge on any atom is 0.228 e. The van der Waals surface area contributed by atoms with Gasteiger partial charge in [0.1, 0.15) is 5.82 Å². The van der Waals surface area contributed by atoms with Gasteiger partial charge in [0.25, 0.3) is 0 Å². The van der Waals surface area contributed by atoms with Gasteiger partial charge in [-0.15, -0.1) is 11.3 Å². The molecule has 4 rings (SSSR count). The molecule has 0 spiro atoms. The lowest BCUT2D eigenvalue weighted by atomic mass is 10.1. The first-order valence-electron chi connectivity index (χ1n) is 10.3. The summed E-state index contributed by atoms with van der Waals surface area (Å²) in [6, 6.07) is 2.28. The molecule has 1 saturated carbocycles. The van der Waals surface area contributed by atoms with E-state index in [1.165, 1.54) is 17.7 Å². The van der Waals surface area contributed by atoms with Crippen LogP contribution >= 0.6 is 11.3 Å². The van der Waals surface area contributed by atoms with Crippen molar-refractivity contribution in [3.8, 4) is 0 Å². The number of carbonyl (C=O) groups excluding carboxylic acids is 1. The molecule has 0 unspecified atom stereocenters. The van der Waals surface area contributed by atoms with Gasteiger partial charge in [0.2, 0.25) is 5.91 Å². The van der Waals surface area contributed by atoms with E-state index in [1.807, 2.05) is 31.0 Å². The molecule has 152 valence electrons. The van der Waals surface area contributed by atoms with E-state index >= 15 is 0 Å². The summed E-state index contributed by atoms with van der Waals surface area (Å²) in [6.45, 7) is 3.04. The zero-order valence-electron chi connectivity index (χ0n) is 16.8. The van der Waals surface area contributed by atoms with Gasteiger partial charge in [-0.2, -0.15) is 5.10 Å². The molecular formula is C20H30N6OS. The molecule has 0 atom stereocenters. The van der Waals surface area contributed by atoms with Crippen molar-refractivity contribution in [3.63, 3.8) is 0 Å².